The Labute approximate surface area is 111 Å². The lowest BCUT2D eigenvalue weighted by Gasteiger charge is -2.30. The number of rotatable bonds is 4. The molecule has 4 heteroatoms. The number of halogens is 2. The van der Waals surface area contributed by atoms with Crippen LogP contribution in [0.3, 0.4) is 0 Å². The first-order valence-corrected chi connectivity index (χ1v) is 7.54. The number of aryl methyl sites for hydroxylation is 1. The molecule has 18 heavy (non-hydrogen) atoms. The summed E-state index contributed by atoms with van der Waals surface area (Å²) >= 11 is 1.72. The smallest absolute Gasteiger partial charge is 0.248 e. The van der Waals surface area contributed by atoms with E-state index in [1.165, 1.54) is 4.88 Å². The van der Waals surface area contributed by atoms with Crippen LogP contribution in [-0.4, -0.2) is 5.92 Å². The van der Waals surface area contributed by atoms with E-state index in [1.54, 1.807) is 11.3 Å². The number of thiophene rings is 1. The van der Waals surface area contributed by atoms with Gasteiger partial charge in [-0.05, 0) is 43.7 Å². The van der Waals surface area contributed by atoms with E-state index in [4.69, 9.17) is 5.73 Å². The maximum Gasteiger partial charge on any atom is 0.248 e. The molecule has 0 amide bonds. The molecule has 2 unspecified atom stereocenters. The second-order valence-corrected chi connectivity index (χ2v) is 6.52. The molecule has 1 aromatic rings. The van der Waals surface area contributed by atoms with Gasteiger partial charge in [-0.3, -0.25) is 0 Å². The van der Waals surface area contributed by atoms with E-state index in [0.717, 1.165) is 17.7 Å². The molecule has 1 aromatic heterocycles. The molecule has 0 aliphatic heterocycles. The highest BCUT2D eigenvalue weighted by Gasteiger charge is 2.36. The maximum absolute atomic E-state index is 13.3. The lowest BCUT2D eigenvalue weighted by atomic mass is 9.82. The second kappa shape index (κ2) is 5.66. The van der Waals surface area contributed by atoms with Gasteiger partial charge in [0.05, 0.1) is 0 Å². The fraction of sp³-hybridized carbons (Fsp3) is 0.714. The maximum atomic E-state index is 13.3. The predicted molar refractivity (Wildman–Crippen MR) is 72.1 cm³/mol. The van der Waals surface area contributed by atoms with Gasteiger partial charge in [0.1, 0.15) is 0 Å². The van der Waals surface area contributed by atoms with Gasteiger partial charge in [-0.25, -0.2) is 8.78 Å². The van der Waals surface area contributed by atoms with Crippen molar-refractivity contribution < 1.29 is 8.78 Å². The monoisotopic (exact) mass is 273 g/mol. The lowest BCUT2D eigenvalue weighted by molar-refractivity contribution is -0.0543. The van der Waals surface area contributed by atoms with Crippen LogP contribution in [0.5, 0.6) is 0 Å². The van der Waals surface area contributed by atoms with E-state index in [2.05, 4.69) is 19.1 Å². The molecule has 2 N–H and O–H groups in total. The molecular formula is C14H21F2NS. The summed E-state index contributed by atoms with van der Waals surface area (Å²) in [6.45, 7) is 2.11. The van der Waals surface area contributed by atoms with Gasteiger partial charge < -0.3 is 5.73 Å². The van der Waals surface area contributed by atoms with Crippen LogP contribution in [-0.2, 0) is 6.42 Å². The van der Waals surface area contributed by atoms with Gasteiger partial charge in [-0.15, -0.1) is 11.3 Å². The first-order valence-electron chi connectivity index (χ1n) is 6.72. The van der Waals surface area contributed by atoms with Crippen molar-refractivity contribution in [2.45, 2.75) is 57.4 Å². The molecule has 1 saturated carbocycles. The quantitative estimate of drug-likeness (QED) is 0.857. The molecule has 0 bridgehead atoms. The zero-order valence-corrected chi connectivity index (χ0v) is 11.6. The van der Waals surface area contributed by atoms with E-state index in [0.29, 0.717) is 12.8 Å². The fourth-order valence-electron chi connectivity index (χ4n) is 2.74. The molecule has 1 aliphatic rings. The van der Waals surface area contributed by atoms with Gasteiger partial charge in [-0.1, -0.05) is 6.92 Å². The Hall–Kier alpha value is -0.480. The van der Waals surface area contributed by atoms with Gasteiger partial charge in [0, 0.05) is 28.6 Å². The Morgan fingerprint density at radius 2 is 2.28 bits per heavy atom. The molecule has 1 heterocycles. The van der Waals surface area contributed by atoms with Crippen molar-refractivity contribution >= 4 is 11.3 Å². The number of hydrogen-bond donors (Lipinski definition) is 1. The van der Waals surface area contributed by atoms with E-state index in [9.17, 15) is 8.78 Å². The first kappa shape index (κ1) is 13.9. The zero-order chi connectivity index (χ0) is 13.2. The van der Waals surface area contributed by atoms with Crippen molar-refractivity contribution in [1.29, 1.82) is 0 Å². The molecule has 0 saturated heterocycles. The average molecular weight is 273 g/mol. The van der Waals surface area contributed by atoms with Crippen molar-refractivity contribution in [2.75, 3.05) is 0 Å². The SMILES string of the molecule is CCc1ccc(C(N)CC2CCCC(F)(F)C2)s1. The summed E-state index contributed by atoms with van der Waals surface area (Å²) in [7, 11) is 0. The largest absolute Gasteiger partial charge is 0.323 e. The number of alkyl halides is 2. The third-order valence-corrected chi connectivity index (χ3v) is 5.09. The van der Waals surface area contributed by atoms with Crippen LogP contribution < -0.4 is 5.73 Å². The molecule has 1 nitrogen and oxygen atoms in total. The standard InChI is InChI=1S/C14H21F2NS/c1-2-11-5-6-13(18-11)12(17)8-10-4-3-7-14(15,16)9-10/h5-6,10,12H,2-4,7-9,17H2,1H3. The minimum absolute atomic E-state index is 0.0205. The number of nitrogens with two attached hydrogens (primary N) is 1. The normalized spacial score (nSPS) is 25.0. The molecule has 2 rings (SSSR count). The van der Waals surface area contributed by atoms with E-state index >= 15 is 0 Å². The van der Waals surface area contributed by atoms with E-state index in [1.807, 2.05) is 0 Å². The summed E-state index contributed by atoms with van der Waals surface area (Å²) in [5.74, 6) is -2.39. The molecule has 2 atom stereocenters. The first-order chi connectivity index (χ1) is 8.50. The van der Waals surface area contributed by atoms with Gasteiger partial charge in [0.2, 0.25) is 5.92 Å². The Balaban J connectivity index is 1.92. The summed E-state index contributed by atoms with van der Waals surface area (Å²) in [6.07, 6.45) is 3.31. The third-order valence-electron chi connectivity index (χ3n) is 3.73. The van der Waals surface area contributed by atoms with Crippen molar-refractivity contribution in [1.82, 2.24) is 0 Å². The fourth-order valence-corrected chi connectivity index (χ4v) is 3.70. The molecule has 0 spiro atoms. The number of hydrogen-bond acceptors (Lipinski definition) is 2. The minimum atomic E-state index is -2.47. The molecular weight excluding hydrogens is 252 g/mol. The summed E-state index contributed by atoms with van der Waals surface area (Å²) in [5, 5.41) is 0. The second-order valence-electron chi connectivity index (χ2n) is 5.32. The van der Waals surface area contributed by atoms with E-state index in [-0.39, 0.29) is 24.8 Å². The van der Waals surface area contributed by atoms with Crippen molar-refractivity contribution in [3.8, 4) is 0 Å². The molecule has 0 aromatic carbocycles. The summed E-state index contributed by atoms with van der Waals surface area (Å²) < 4.78 is 26.7. The van der Waals surface area contributed by atoms with Crippen LogP contribution in [0.25, 0.3) is 0 Å². The topological polar surface area (TPSA) is 26.0 Å². The molecule has 102 valence electrons. The van der Waals surface area contributed by atoms with Gasteiger partial charge in [-0.2, -0.15) is 0 Å². The van der Waals surface area contributed by atoms with Crippen LogP contribution in [0, 0.1) is 5.92 Å². The Morgan fingerprint density at radius 1 is 1.50 bits per heavy atom. The van der Waals surface area contributed by atoms with Crippen LogP contribution >= 0.6 is 11.3 Å². The lowest BCUT2D eigenvalue weighted by Crippen LogP contribution is -2.28. The summed E-state index contributed by atoms with van der Waals surface area (Å²) in [5.41, 5.74) is 6.15. The molecule has 1 aliphatic carbocycles. The highest BCUT2D eigenvalue weighted by molar-refractivity contribution is 7.12. The van der Waals surface area contributed by atoms with Crippen LogP contribution in [0.1, 0.15) is 54.8 Å². The Bertz CT molecular complexity index is 389. The highest BCUT2D eigenvalue weighted by Crippen LogP contribution is 2.40. The Kier molecular flexibility index (Phi) is 4.38. The van der Waals surface area contributed by atoms with Crippen molar-refractivity contribution in [3.63, 3.8) is 0 Å². The van der Waals surface area contributed by atoms with Gasteiger partial charge in [0.25, 0.3) is 0 Å². The van der Waals surface area contributed by atoms with Crippen LogP contribution in [0.15, 0.2) is 12.1 Å². The molecule has 1 fully saturated rings. The predicted octanol–water partition coefficient (Wildman–Crippen LogP) is 4.53. The van der Waals surface area contributed by atoms with Gasteiger partial charge >= 0.3 is 0 Å². The molecule has 0 radical (unpaired) electrons. The Morgan fingerprint density at radius 3 is 2.89 bits per heavy atom. The van der Waals surface area contributed by atoms with Crippen molar-refractivity contribution in [3.05, 3.63) is 21.9 Å². The van der Waals surface area contributed by atoms with Crippen molar-refractivity contribution in [2.24, 2.45) is 11.7 Å². The minimum Gasteiger partial charge on any atom is -0.323 e. The average Bonchev–Trinajstić information content (AvgIpc) is 2.76. The van der Waals surface area contributed by atoms with Crippen LogP contribution in [0.2, 0.25) is 0 Å². The van der Waals surface area contributed by atoms with Crippen LogP contribution in [0.4, 0.5) is 8.78 Å². The zero-order valence-electron chi connectivity index (χ0n) is 10.8. The van der Waals surface area contributed by atoms with Gasteiger partial charge in [0.15, 0.2) is 0 Å². The third kappa shape index (κ3) is 3.51. The summed E-state index contributed by atoms with van der Waals surface area (Å²) in [6, 6.07) is 4.07. The summed E-state index contributed by atoms with van der Waals surface area (Å²) in [4.78, 5) is 2.45. The van der Waals surface area contributed by atoms with E-state index < -0.39 is 5.92 Å². The highest BCUT2D eigenvalue weighted by atomic mass is 32.1.